The molecule has 1 aliphatic heterocycles. The van der Waals surface area contributed by atoms with Crippen LogP contribution in [0.1, 0.15) is 33.0 Å². The van der Waals surface area contributed by atoms with E-state index in [4.69, 9.17) is 9.26 Å². The topological polar surface area (TPSA) is 146 Å². The zero-order chi connectivity index (χ0) is 29.7. The molecule has 3 heterocycles. The van der Waals surface area contributed by atoms with E-state index in [2.05, 4.69) is 30.7 Å². The van der Waals surface area contributed by atoms with Gasteiger partial charge in [-0.2, -0.15) is 10.6 Å². The van der Waals surface area contributed by atoms with Gasteiger partial charge < -0.3 is 19.5 Å². The summed E-state index contributed by atoms with van der Waals surface area (Å²) in [5.74, 6) is 2.67. The fourth-order valence-electron chi connectivity index (χ4n) is 4.36. The largest absolute Gasteiger partial charge is 0.494 e. The van der Waals surface area contributed by atoms with Crippen molar-refractivity contribution in [3.8, 4) is 5.75 Å². The predicted octanol–water partition coefficient (Wildman–Crippen LogP) is 6.55. The van der Waals surface area contributed by atoms with Crippen molar-refractivity contribution in [1.82, 2.24) is 20.0 Å². The van der Waals surface area contributed by atoms with Gasteiger partial charge in [0.1, 0.15) is 22.9 Å². The van der Waals surface area contributed by atoms with Crippen LogP contribution in [0.5, 0.6) is 5.75 Å². The van der Waals surface area contributed by atoms with Crippen molar-refractivity contribution in [2.75, 3.05) is 48.4 Å². The lowest BCUT2D eigenvalue weighted by atomic mass is 9.93. The summed E-state index contributed by atoms with van der Waals surface area (Å²) in [7, 11) is -2.37. The summed E-state index contributed by atoms with van der Waals surface area (Å²) >= 11 is 1.47. The number of carbonyl (C=O) groups is 1. The lowest BCUT2D eigenvalue weighted by molar-refractivity contribution is 0.242. The van der Waals surface area contributed by atoms with Crippen molar-refractivity contribution >= 4 is 50.8 Å². The van der Waals surface area contributed by atoms with Gasteiger partial charge in [-0.25, -0.2) is 14.8 Å². The SMILES string of the molecule is CC(C)(C)c1cc(NC(=O)Nc2cccc(Sc3ncnc4ccc(OCCCN5CCS(O)(O)CC5)cc34)c2)no1. The Morgan fingerprint density at radius 1 is 1.10 bits per heavy atom. The maximum atomic E-state index is 12.6. The van der Waals surface area contributed by atoms with E-state index in [-0.39, 0.29) is 5.41 Å². The Morgan fingerprint density at radius 2 is 1.90 bits per heavy atom. The lowest BCUT2D eigenvalue weighted by Gasteiger charge is -2.40. The Labute approximate surface area is 250 Å². The molecule has 0 spiro atoms. The maximum Gasteiger partial charge on any atom is 0.324 e. The molecule has 13 heteroatoms. The van der Waals surface area contributed by atoms with Gasteiger partial charge in [0.25, 0.3) is 0 Å². The number of amides is 2. The average Bonchev–Trinajstić information content (AvgIpc) is 3.41. The Hall–Kier alpha value is -3.36. The summed E-state index contributed by atoms with van der Waals surface area (Å²) in [5.41, 5.74) is 1.22. The summed E-state index contributed by atoms with van der Waals surface area (Å²) in [6, 6.07) is 14.6. The average molecular weight is 613 g/mol. The molecule has 4 aromatic rings. The molecular formula is C29H36N6O5S2. The number of benzene rings is 2. The molecule has 0 saturated carbocycles. The Morgan fingerprint density at radius 3 is 2.67 bits per heavy atom. The first-order chi connectivity index (χ1) is 20.0. The molecule has 42 heavy (non-hydrogen) atoms. The number of ether oxygens (including phenoxy) is 1. The Balaban J connectivity index is 1.18. The summed E-state index contributed by atoms with van der Waals surface area (Å²) in [6.07, 6.45) is 2.38. The molecule has 1 aliphatic rings. The molecule has 1 fully saturated rings. The van der Waals surface area contributed by atoms with Crippen molar-refractivity contribution in [3.63, 3.8) is 0 Å². The van der Waals surface area contributed by atoms with E-state index in [1.807, 2.05) is 63.2 Å². The summed E-state index contributed by atoms with van der Waals surface area (Å²) in [4.78, 5) is 24.6. The van der Waals surface area contributed by atoms with Gasteiger partial charge in [-0.1, -0.05) is 43.8 Å². The van der Waals surface area contributed by atoms with E-state index in [9.17, 15) is 13.9 Å². The number of fused-ring (bicyclic) bond motifs is 1. The van der Waals surface area contributed by atoms with Crippen molar-refractivity contribution in [1.29, 1.82) is 0 Å². The second-order valence-corrected chi connectivity index (χ2v) is 14.6. The van der Waals surface area contributed by atoms with Crippen LogP contribution in [0.25, 0.3) is 10.9 Å². The highest BCUT2D eigenvalue weighted by molar-refractivity contribution is 8.24. The molecule has 0 atom stereocenters. The first-order valence-electron chi connectivity index (χ1n) is 13.7. The van der Waals surface area contributed by atoms with E-state index in [0.29, 0.717) is 48.5 Å². The molecule has 224 valence electrons. The minimum atomic E-state index is -2.37. The van der Waals surface area contributed by atoms with Crippen LogP contribution in [0.15, 0.2) is 69.3 Å². The zero-order valence-electron chi connectivity index (χ0n) is 23.9. The Bertz CT molecular complexity index is 1530. The minimum Gasteiger partial charge on any atom is -0.494 e. The standard InChI is InChI=1S/C29H36N6O5S2/c1-29(2,3)25-18-26(34-40-25)33-28(36)32-20-6-4-7-22(16-20)41-27-23-17-21(8-9-24(23)30-19-31-27)39-13-5-10-35-11-14-42(37,38)15-12-35/h4,6-9,16-19,37-38H,5,10-15H2,1-3H3,(H2,32,33,34,36). The molecule has 2 amide bonds. The molecular weight excluding hydrogens is 576 g/mol. The fourth-order valence-corrected chi connectivity index (χ4v) is 6.60. The van der Waals surface area contributed by atoms with Gasteiger partial charge in [-0.05, 0) is 42.8 Å². The molecule has 0 radical (unpaired) electrons. The molecule has 1 saturated heterocycles. The molecule has 11 nitrogen and oxygen atoms in total. The fraction of sp³-hybridized carbons (Fsp3) is 0.379. The molecule has 0 aliphatic carbocycles. The van der Waals surface area contributed by atoms with Gasteiger partial charge in [0.2, 0.25) is 0 Å². The van der Waals surface area contributed by atoms with E-state index in [1.54, 1.807) is 6.07 Å². The molecule has 0 unspecified atom stereocenters. The third-order valence-electron chi connectivity index (χ3n) is 6.72. The van der Waals surface area contributed by atoms with Crippen LogP contribution in [0, 0.1) is 0 Å². The van der Waals surface area contributed by atoms with Crippen LogP contribution in [0.3, 0.4) is 0 Å². The maximum absolute atomic E-state index is 12.6. The number of aromatic nitrogens is 3. The van der Waals surface area contributed by atoms with Gasteiger partial charge >= 0.3 is 6.03 Å². The van der Waals surface area contributed by atoms with Crippen molar-refractivity contribution in [2.45, 2.75) is 42.5 Å². The smallest absolute Gasteiger partial charge is 0.324 e. The summed E-state index contributed by atoms with van der Waals surface area (Å²) in [5, 5.41) is 11.1. The molecule has 5 rings (SSSR count). The number of carbonyl (C=O) groups excluding carboxylic acids is 1. The number of hydrogen-bond acceptors (Lipinski definition) is 10. The third kappa shape index (κ3) is 8.13. The summed E-state index contributed by atoms with van der Waals surface area (Å²) in [6.45, 7) is 8.84. The molecule has 4 N–H and O–H groups in total. The second kappa shape index (κ2) is 12.9. The van der Waals surface area contributed by atoms with Crippen LogP contribution >= 0.6 is 22.4 Å². The molecule has 0 bridgehead atoms. The lowest BCUT2D eigenvalue weighted by Crippen LogP contribution is -2.39. The van der Waals surface area contributed by atoms with E-state index < -0.39 is 16.6 Å². The van der Waals surface area contributed by atoms with E-state index in [1.165, 1.54) is 18.1 Å². The normalized spacial score (nSPS) is 16.2. The minimum absolute atomic E-state index is 0.210. The first-order valence-corrected chi connectivity index (χ1v) is 16.4. The van der Waals surface area contributed by atoms with Gasteiger partial charge in [0.15, 0.2) is 5.82 Å². The first kappa shape index (κ1) is 30.1. The van der Waals surface area contributed by atoms with Crippen LogP contribution < -0.4 is 15.4 Å². The number of rotatable bonds is 9. The van der Waals surface area contributed by atoms with Crippen molar-refractivity contribution < 1.29 is 23.2 Å². The third-order valence-corrected chi connectivity index (χ3v) is 9.40. The van der Waals surface area contributed by atoms with Crippen LogP contribution in [0.2, 0.25) is 0 Å². The van der Waals surface area contributed by atoms with E-state index in [0.717, 1.165) is 39.5 Å². The van der Waals surface area contributed by atoms with Crippen LogP contribution in [-0.2, 0) is 5.41 Å². The van der Waals surface area contributed by atoms with E-state index >= 15 is 0 Å². The highest BCUT2D eigenvalue weighted by atomic mass is 32.3. The highest BCUT2D eigenvalue weighted by Crippen LogP contribution is 2.40. The van der Waals surface area contributed by atoms with Crippen LogP contribution in [0.4, 0.5) is 16.3 Å². The zero-order valence-corrected chi connectivity index (χ0v) is 25.5. The number of nitrogens with zero attached hydrogens (tertiary/aromatic N) is 4. The monoisotopic (exact) mass is 612 g/mol. The number of urea groups is 1. The predicted molar refractivity (Wildman–Crippen MR) is 167 cm³/mol. The van der Waals surface area contributed by atoms with Gasteiger partial charge in [-0.3, -0.25) is 14.4 Å². The number of nitrogens with one attached hydrogen (secondary N) is 2. The molecule has 2 aromatic carbocycles. The highest BCUT2D eigenvalue weighted by Gasteiger charge is 2.22. The van der Waals surface area contributed by atoms with Crippen LogP contribution in [-0.4, -0.2) is 72.9 Å². The quantitative estimate of drug-likeness (QED) is 0.121. The molecule has 2 aromatic heterocycles. The van der Waals surface area contributed by atoms with Crippen molar-refractivity contribution in [2.24, 2.45) is 0 Å². The van der Waals surface area contributed by atoms with Gasteiger partial charge in [0.05, 0.1) is 23.6 Å². The number of hydrogen-bond donors (Lipinski definition) is 4. The van der Waals surface area contributed by atoms with Gasteiger partial charge in [0, 0.05) is 47.1 Å². The Kier molecular flexibility index (Phi) is 9.23. The summed E-state index contributed by atoms with van der Waals surface area (Å²) < 4.78 is 30.9. The van der Waals surface area contributed by atoms with Gasteiger partial charge in [-0.15, -0.1) is 0 Å². The second-order valence-electron chi connectivity index (χ2n) is 11.1. The van der Waals surface area contributed by atoms with Crippen molar-refractivity contribution in [3.05, 3.63) is 60.6 Å². The number of anilines is 2.